The zero-order valence-corrected chi connectivity index (χ0v) is 17.2. The molecule has 2 aromatic carbocycles. The molecular formula is C23H19N7O2. The van der Waals surface area contributed by atoms with Crippen molar-refractivity contribution >= 4 is 29.1 Å². The molecule has 158 valence electrons. The maximum Gasteiger partial charge on any atom is 0.271 e. The quantitative estimate of drug-likeness (QED) is 0.423. The van der Waals surface area contributed by atoms with Gasteiger partial charge in [-0.25, -0.2) is 14.8 Å². The third kappa shape index (κ3) is 3.61. The van der Waals surface area contributed by atoms with Crippen molar-refractivity contribution in [3.63, 3.8) is 0 Å². The molecule has 9 heteroatoms. The minimum absolute atomic E-state index is 0.142. The Kier molecular flexibility index (Phi) is 5.27. The van der Waals surface area contributed by atoms with Crippen molar-refractivity contribution < 1.29 is 9.59 Å². The molecule has 4 aromatic rings. The van der Waals surface area contributed by atoms with Crippen LogP contribution in [0.25, 0.3) is 32.9 Å². The first-order valence-electron chi connectivity index (χ1n) is 9.77. The zero-order chi connectivity index (χ0) is 22.8. The van der Waals surface area contributed by atoms with Crippen LogP contribution >= 0.6 is 0 Å². The van der Waals surface area contributed by atoms with Crippen LogP contribution in [-0.4, -0.2) is 32.7 Å². The van der Waals surface area contributed by atoms with Gasteiger partial charge in [0.15, 0.2) is 11.3 Å². The summed E-state index contributed by atoms with van der Waals surface area (Å²) in [6.07, 6.45) is 1.53. The van der Waals surface area contributed by atoms with Gasteiger partial charge in [-0.3, -0.25) is 14.0 Å². The van der Waals surface area contributed by atoms with Crippen molar-refractivity contribution in [3.05, 3.63) is 77.4 Å². The molecule has 0 fully saturated rings. The fourth-order valence-corrected chi connectivity index (χ4v) is 3.42. The predicted molar refractivity (Wildman–Crippen MR) is 121 cm³/mol. The number of primary amides is 1. The van der Waals surface area contributed by atoms with E-state index >= 15 is 0 Å². The van der Waals surface area contributed by atoms with E-state index in [0.29, 0.717) is 45.8 Å². The summed E-state index contributed by atoms with van der Waals surface area (Å²) in [6, 6.07) is 13.7. The monoisotopic (exact) mass is 425 g/mol. The molecule has 0 aliphatic heterocycles. The second-order valence-corrected chi connectivity index (χ2v) is 6.98. The Morgan fingerprint density at radius 1 is 1.12 bits per heavy atom. The molecule has 0 aliphatic rings. The lowest BCUT2D eigenvalue weighted by molar-refractivity contribution is 0.0950. The molecule has 2 aromatic heterocycles. The van der Waals surface area contributed by atoms with Crippen LogP contribution in [0.5, 0.6) is 0 Å². The Hall–Kier alpha value is -4.71. The molecule has 0 unspecified atom stereocenters. The molecular weight excluding hydrogens is 406 g/mol. The van der Waals surface area contributed by atoms with E-state index in [1.807, 2.05) is 13.0 Å². The number of aromatic nitrogens is 3. The summed E-state index contributed by atoms with van der Waals surface area (Å²) in [5.74, 6) is -0.729. The molecule has 2 heterocycles. The Bertz CT molecular complexity index is 1400. The second kappa shape index (κ2) is 8.20. The molecule has 0 radical (unpaired) electrons. The van der Waals surface area contributed by atoms with Gasteiger partial charge in [-0.1, -0.05) is 30.3 Å². The van der Waals surface area contributed by atoms with Gasteiger partial charge in [0.1, 0.15) is 5.69 Å². The maximum atomic E-state index is 12.4. The Balaban J connectivity index is 2.03. The van der Waals surface area contributed by atoms with E-state index < -0.39 is 5.91 Å². The van der Waals surface area contributed by atoms with Crippen molar-refractivity contribution in [3.8, 4) is 22.4 Å². The number of fused-ring (bicyclic) bond motifs is 1. The smallest absolute Gasteiger partial charge is 0.271 e. The third-order valence-corrected chi connectivity index (χ3v) is 4.92. The van der Waals surface area contributed by atoms with Gasteiger partial charge >= 0.3 is 0 Å². The highest BCUT2D eigenvalue weighted by Gasteiger charge is 2.21. The molecule has 2 amide bonds. The van der Waals surface area contributed by atoms with Crippen LogP contribution in [0.4, 0.5) is 11.6 Å². The highest BCUT2D eigenvalue weighted by atomic mass is 16.2. The summed E-state index contributed by atoms with van der Waals surface area (Å²) in [7, 11) is 0. The van der Waals surface area contributed by atoms with Crippen LogP contribution in [0, 0.1) is 6.57 Å². The molecule has 0 saturated heterocycles. The molecule has 4 rings (SSSR count). The first-order valence-corrected chi connectivity index (χ1v) is 9.77. The summed E-state index contributed by atoms with van der Waals surface area (Å²) in [6.45, 7) is 9.60. The number of carbonyl (C=O) groups is 2. The molecule has 32 heavy (non-hydrogen) atoms. The van der Waals surface area contributed by atoms with Crippen LogP contribution in [0.15, 0.2) is 54.7 Å². The minimum Gasteiger partial charge on any atom is -0.369 e. The van der Waals surface area contributed by atoms with Crippen LogP contribution in [0.3, 0.4) is 0 Å². The van der Waals surface area contributed by atoms with E-state index in [1.54, 1.807) is 46.9 Å². The number of nitrogen functional groups attached to an aromatic ring is 1. The number of imidazole rings is 1. The lowest BCUT2D eigenvalue weighted by Gasteiger charge is -2.13. The predicted octanol–water partition coefficient (Wildman–Crippen LogP) is 3.04. The van der Waals surface area contributed by atoms with Crippen molar-refractivity contribution in [1.29, 1.82) is 0 Å². The van der Waals surface area contributed by atoms with E-state index in [-0.39, 0.29) is 17.5 Å². The summed E-state index contributed by atoms with van der Waals surface area (Å²) in [5, 5.41) is 2.72. The van der Waals surface area contributed by atoms with Gasteiger partial charge in [0, 0.05) is 18.3 Å². The molecule has 9 nitrogen and oxygen atoms in total. The van der Waals surface area contributed by atoms with Crippen LogP contribution < -0.4 is 16.8 Å². The van der Waals surface area contributed by atoms with Gasteiger partial charge in [0.05, 0.1) is 17.8 Å². The second-order valence-electron chi connectivity index (χ2n) is 6.98. The number of amides is 2. The van der Waals surface area contributed by atoms with Crippen LogP contribution in [0.2, 0.25) is 0 Å². The average molecular weight is 425 g/mol. The fraction of sp³-hybridized carbons (Fsp3) is 0.0870. The van der Waals surface area contributed by atoms with Crippen molar-refractivity contribution in [1.82, 2.24) is 19.7 Å². The number of nitrogens with one attached hydrogen (secondary N) is 1. The third-order valence-electron chi connectivity index (χ3n) is 4.92. The van der Waals surface area contributed by atoms with Crippen molar-refractivity contribution in [2.75, 3.05) is 12.3 Å². The average Bonchev–Trinajstić information content (AvgIpc) is 3.25. The summed E-state index contributed by atoms with van der Waals surface area (Å²) in [4.78, 5) is 36.5. The van der Waals surface area contributed by atoms with E-state index in [4.69, 9.17) is 18.0 Å². The number of hydrogen-bond acceptors (Lipinski definition) is 5. The highest BCUT2D eigenvalue weighted by Crippen LogP contribution is 2.36. The Labute approximate surface area is 183 Å². The standard InChI is InChI=1S/C23H19N7O2/c1-3-27-22(32)17-12-30-21(28-17)18(13-7-9-14(10-8-13)20(24)31)19(29-23(30)25)15-5-4-6-16(11-15)26-2/h4-12H,3H2,1H3,(H2,24,31)(H2,25,29)(H,27,32). The number of carbonyl (C=O) groups excluding carboxylic acids is 2. The van der Waals surface area contributed by atoms with Gasteiger partial charge in [-0.2, -0.15) is 0 Å². The maximum absolute atomic E-state index is 12.4. The van der Waals surface area contributed by atoms with Gasteiger partial charge in [0.25, 0.3) is 5.91 Å². The van der Waals surface area contributed by atoms with Gasteiger partial charge in [0.2, 0.25) is 11.9 Å². The first-order chi connectivity index (χ1) is 15.4. The number of benzene rings is 2. The normalized spacial score (nSPS) is 10.6. The molecule has 5 N–H and O–H groups in total. The van der Waals surface area contributed by atoms with Crippen LogP contribution in [-0.2, 0) is 0 Å². The van der Waals surface area contributed by atoms with E-state index in [9.17, 15) is 9.59 Å². The zero-order valence-electron chi connectivity index (χ0n) is 17.2. The Morgan fingerprint density at radius 3 is 2.53 bits per heavy atom. The van der Waals surface area contributed by atoms with Crippen LogP contribution in [0.1, 0.15) is 27.8 Å². The highest BCUT2D eigenvalue weighted by molar-refractivity contribution is 5.98. The number of rotatable bonds is 5. The number of anilines is 1. The molecule has 0 spiro atoms. The minimum atomic E-state index is -0.540. The van der Waals surface area contributed by atoms with Gasteiger partial charge in [-0.05, 0) is 36.2 Å². The Morgan fingerprint density at radius 2 is 1.88 bits per heavy atom. The van der Waals surface area contributed by atoms with E-state index in [1.165, 1.54) is 6.20 Å². The lowest BCUT2D eigenvalue weighted by atomic mass is 9.98. The van der Waals surface area contributed by atoms with E-state index in [0.717, 1.165) is 0 Å². The van der Waals surface area contributed by atoms with Crippen molar-refractivity contribution in [2.24, 2.45) is 5.73 Å². The fourth-order valence-electron chi connectivity index (χ4n) is 3.42. The number of nitrogens with zero attached hydrogens (tertiary/aromatic N) is 4. The van der Waals surface area contributed by atoms with E-state index in [2.05, 4.69) is 20.1 Å². The summed E-state index contributed by atoms with van der Waals surface area (Å²) < 4.78 is 1.55. The SMILES string of the molecule is [C-]#[N+]c1cccc(-c2nc(N)n3cc(C(=O)NCC)nc3c2-c2ccc(C(N)=O)cc2)c1. The lowest BCUT2D eigenvalue weighted by Crippen LogP contribution is -2.22. The first kappa shape index (κ1) is 20.6. The van der Waals surface area contributed by atoms with Gasteiger partial charge in [-0.15, -0.1) is 0 Å². The molecule has 0 atom stereocenters. The molecule has 0 bridgehead atoms. The topological polar surface area (TPSA) is 133 Å². The molecule has 0 aliphatic carbocycles. The van der Waals surface area contributed by atoms with Crippen molar-refractivity contribution in [2.45, 2.75) is 6.92 Å². The summed E-state index contributed by atoms with van der Waals surface area (Å²) in [5.41, 5.74) is 15.5. The molecule has 0 saturated carbocycles. The van der Waals surface area contributed by atoms with Gasteiger partial charge < -0.3 is 16.8 Å². The number of nitrogens with two attached hydrogens (primary N) is 2. The number of hydrogen-bond donors (Lipinski definition) is 3. The summed E-state index contributed by atoms with van der Waals surface area (Å²) >= 11 is 0. The largest absolute Gasteiger partial charge is 0.369 e.